The third kappa shape index (κ3) is 4.63. The molecule has 0 unspecified atom stereocenters. The van der Waals surface area contributed by atoms with E-state index in [-0.39, 0.29) is 5.91 Å². The number of carbonyl (C=O) groups is 1. The van der Waals surface area contributed by atoms with Crippen molar-refractivity contribution in [2.45, 2.75) is 39.5 Å². The first-order valence-electron chi connectivity index (χ1n) is 9.72. The van der Waals surface area contributed by atoms with E-state index in [4.69, 9.17) is 9.15 Å². The molecule has 3 aromatic rings. The number of rotatable bonds is 9. The van der Waals surface area contributed by atoms with Crippen LogP contribution >= 0.6 is 0 Å². The van der Waals surface area contributed by atoms with Gasteiger partial charge in [-0.05, 0) is 49.7 Å². The van der Waals surface area contributed by atoms with Crippen LogP contribution in [0.25, 0.3) is 17.1 Å². The summed E-state index contributed by atoms with van der Waals surface area (Å²) in [5.41, 5.74) is 1.89. The SMILES string of the molecule is CCCCCCNC(=O)c1cc(-c2ccc(C)o2)nn1-c1ccc(OC)cc1. The smallest absolute Gasteiger partial charge is 0.270 e. The first kappa shape index (κ1) is 19.7. The van der Waals surface area contributed by atoms with Gasteiger partial charge in [0.05, 0.1) is 12.8 Å². The van der Waals surface area contributed by atoms with Crippen molar-refractivity contribution in [1.82, 2.24) is 15.1 Å². The van der Waals surface area contributed by atoms with Crippen molar-refractivity contribution in [2.24, 2.45) is 0 Å². The lowest BCUT2D eigenvalue weighted by atomic mass is 10.2. The van der Waals surface area contributed by atoms with E-state index in [0.717, 1.165) is 30.0 Å². The fourth-order valence-corrected chi connectivity index (χ4v) is 3.00. The molecule has 0 spiro atoms. The predicted molar refractivity (Wildman–Crippen MR) is 109 cm³/mol. The minimum Gasteiger partial charge on any atom is -0.497 e. The van der Waals surface area contributed by atoms with Crippen LogP contribution in [0.15, 0.2) is 46.9 Å². The van der Waals surface area contributed by atoms with Crippen molar-refractivity contribution < 1.29 is 13.9 Å². The highest BCUT2D eigenvalue weighted by Gasteiger charge is 2.19. The summed E-state index contributed by atoms with van der Waals surface area (Å²) in [6, 6.07) is 13.0. The maximum atomic E-state index is 12.8. The third-order valence-electron chi connectivity index (χ3n) is 4.57. The van der Waals surface area contributed by atoms with E-state index in [2.05, 4.69) is 17.3 Å². The predicted octanol–water partition coefficient (Wildman–Crippen LogP) is 4.76. The molecule has 0 fully saturated rings. The molecule has 0 bridgehead atoms. The number of ether oxygens (including phenoxy) is 1. The molecule has 0 atom stereocenters. The number of benzene rings is 1. The van der Waals surface area contributed by atoms with Gasteiger partial charge in [-0.25, -0.2) is 4.68 Å². The number of furan rings is 1. The fourth-order valence-electron chi connectivity index (χ4n) is 3.00. The Balaban J connectivity index is 1.87. The van der Waals surface area contributed by atoms with Gasteiger partial charge in [0.15, 0.2) is 5.76 Å². The number of unbranched alkanes of at least 4 members (excludes halogenated alkanes) is 3. The molecular weight excluding hydrogens is 354 g/mol. The highest BCUT2D eigenvalue weighted by atomic mass is 16.5. The quantitative estimate of drug-likeness (QED) is 0.543. The summed E-state index contributed by atoms with van der Waals surface area (Å²) in [7, 11) is 1.62. The molecule has 1 N–H and O–H groups in total. The minimum absolute atomic E-state index is 0.144. The Hall–Kier alpha value is -3.02. The lowest BCUT2D eigenvalue weighted by Crippen LogP contribution is -2.26. The maximum Gasteiger partial charge on any atom is 0.270 e. The second-order valence-electron chi connectivity index (χ2n) is 6.75. The summed E-state index contributed by atoms with van der Waals surface area (Å²) >= 11 is 0. The summed E-state index contributed by atoms with van der Waals surface area (Å²) in [6.45, 7) is 4.71. The van der Waals surface area contributed by atoms with E-state index in [1.54, 1.807) is 17.9 Å². The molecule has 0 saturated carbocycles. The van der Waals surface area contributed by atoms with Gasteiger partial charge < -0.3 is 14.5 Å². The summed E-state index contributed by atoms with van der Waals surface area (Å²) < 4.78 is 12.6. The van der Waals surface area contributed by atoms with Gasteiger partial charge in [0.2, 0.25) is 0 Å². The molecule has 6 heteroatoms. The number of aryl methyl sites for hydroxylation is 1. The van der Waals surface area contributed by atoms with Crippen LogP contribution < -0.4 is 10.1 Å². The van der Waals surface area contributed by atoms with Crippen molar-refractivity contribution in [3.63, 3.8) is 0 Å². The molecule has 3 rings (SSSR count). The maximum absolute atomic E-state index is 12.8. The average molecular weight is 381 g/mol. The summed E-state index contributed by atoms with van der Waals surface area (Å²) in [5.74, 6) is 2.05. The van der Waals surface area contributed by atoms with Crippen molar-refractivity contribution in [1.29, 1.82) is 0 Å². The molecular formula is C22H27N3O3. The monoisotopic (exact) mass is 381 g/mol. The molecule has 0 aliphatic heterocycles. The van der Waals surface area contributed by atoms with Gasteiger partial charge in [0, 0.05) is 12.6 Å². The summed E-state index contributed by atoms with van der Waals surface area (Å²) in [6.07, 6.45) is 4.44. The summed E-state index contributed by atoms with van der Waals surface area (Å²) in [4.78, 5) is 12.8. The standard InChI is InChI=1S/C22H27N3O3/c1-4-5-6-7-14-23-22(26)20-15-19(21-13-8-16(2)28-21)24-25(20)17-9-11-18(27-3)12-10-17/h8-13,15H,4-7,14H2,1-3H3,(H,23,26). The Kier molecular flexibility index (Phi) is 6.53. The van der Waals surface area contributed by atoms with E-state index in [0.29, 0.717) is 23.7 Å². The molecule has 6 nitrogen and oxygen atoms in total. The molecule has 148 valence electrons. The highest BCUT2D eigenvalue weighted by molar-refractivity contribution is 5.94. The normalized spacial score (nSPS) is 10.8. The molecule has 28 heavy (non-hydrogen) atoms. The van der Waals surface area contributed by atoms with Gasteiger partial charge >= 0.3 is 0 Å². The Bertz CT molecular complexity index is 910. The summed E-state index contributed by atoms with van der Waals surface area (Å²) in [5, 5.41) is 7.63. The van der Waals surface area contributed by atoms with Crippen LogP contribution in [0.4, 0.5) is 0 Å². The number of amides is 1. The molecule has 2 aromatic heterocycles. The molecule has 0 saturated heterocycles. The third-order valence-corrected chi connectivity index (χ3v) is 4.57. The lowest BCUT2D eigenvalue weighted by molar-refractivity contribution is 0.0945. The lowest BCUT2D eigenvalue weighted by Gasteiger charge is -2.09. The van der Waals surface area contributed by atoms with Gasteiger partial charge in [-0.2, -0.15) is 5.10 Å². The van der Waals surface area contributed by atoms with E-state index < -0.39 is 0 Å². The number of hydrogen-bond donors (Lipinski definition) is 1. The fraction of sp³-hybridized carbons (Fsp3) is 0.364. The zero-order chi connectivity index (χ0) is 19.9. The van der Waals surface area contributed by atoms with Crippen LogP contribution in [0.5, 0.6) is 5.75 Å². The van der Waals surface area contributed by atoms with Crippen LogP contribution in [0.2, 0.25) is 0 Å². The first-order chi connectivity index (χ1) is 13.6. The molecule has 0 radical (unpaired) electrons. The molecule has 2 heterocycles. The largest absolute Gasteiger partial charge is 0.497 e. The second kappa shape index (κ2) is 9.26. The average Bonchev–Trinajstić information content (AvgIpc) is 3.34. The Labute approximate surface area is 165 Å². The van der Waals surface area contributed by atoms with Crippen LogP contribution in [-0.4, -0.2) is 29.3 Å². The molecule has 1 amide bonds. The topological polar surface area (TPSA) is 69.3 Å². The second-order valence-corrected chi connectivity index (χ2v) is 6.75. The van der Waals surface area contributed by atoms with Gasteiger partial charge in [0.1, 0.15) is 22.9 Å². The van der Waals surface area contributed by atoms with E-state index in [9.17, 15) is 4.79 Å². The van der Waals surface area contributed by atoms with Crippen LogP contribution in [0.3, 0.4) is 0 Å². The number of nitrogens with zero attached hydrogens (tertiary/aromatic N) is 2. The number of aromatic nitrogens is 2. The van der Waals surface area contributed by atoms with E-state index in [1.165, 1.54) is 12.8 Å². The number of nitrogens with one attached hydrogen (secondary N) is 1. The zero-order valence-electron chi connectivity index (χ0n) is 16.7. The number of carbonyl (C=O) groups excluding carboxylic acids is 1. The van der Waals surface area contributed by atoms with Gasteiger partial charge in [0.25, 0.3) is 5.91 Å². The van der Waals surface area contributed by atoms with E-state index >= 15 is 0 Å². The zero-order valence-corrected chi connectivity index (χ0v) is 16.7. The molecule has 0 aliphatic carbocycles. The van der Waals surface area contributed by atoms with Crippen molar-refractivity contribution in [2.75, 3.05) is 13.7 Å². The van der Waals surface area contributed by atoms with Gasteiger partial charge in [-0.15, -0.1) is 0 Å². The van der Waals surface area contributed by atoms with E-state index in [1.807, 2.05) is 43.3 Å². The molecule has 1 aromatic carbocycles. The van der Waals surface area contributed by atoms with Crippen LogP contribution in [-0.2, 0) is 0 Å². The van der Waals surface area contributed by atoms with Crippen LogP contribution in [0, 0.1) is 6.92 Å². The first-order valence-corrected chi connectivity index (χ1v) is 9.72. The minimum atomic E-state index is -0.144. The highest BCUT2D eigenvalue weighted by Crippen LogP contribution is 2.24. The van der Waals surface area contributed by atoms with Crippen molar-refractivity contribution in [3.8, 4) is 22.9 Å². The number of hydrogen-bond acceptors (Lipinski definition) is 4. The molecule has 0 aliphatic rings. The Morgan fingerprint density at radius 2 is 1.93 bits per heavy atom. The number of methoxy groups -OCH3 is 1. The van der Waals surface area contributed by atoms with Crippen molar-refractivity contribution >= 4 is 5.91 Å². The van der Waals surface area contributed by atoms with Crippen molar-refractivity contribution in [3.05, 3.63) is 53.9 Å². The van der Waals surface area contributed by atoms with Crippen LogP contribution in [0.1, 0.15) is 48.9 Å². The van der Waals surface area contributed by atoms with Gasteiger partial charge in [-0.3, -0.25) is 4.79 Å². The Morgan fingerprint density at radius 1 is 1.14 bits per heavy atom. The Morgan fingerprint density at radius 3 is 2.57 bits per heavy atom. The van der Waals surface area contributed by atoms with Gasteiger partial charge in [-0.1, -0.05) is 26.2 Å².